The van der Waals surface area contributed by atoms with Gasteiger partial charge in [-0.05, 0) is 62.7 Å². The Bertz CT molecular complexity index is 1010. The molecule has 396 valence electrons. The largest absolute Gasteiger partial charge is 0.465 e. The van der Waals surface area contributed by atoms with Crippen LogP contribution in [0.4, 0.5) is 0 Å². The second-order valence-electron chi connectivity index (χ2n) is 22.8. The zero-order valence-electron chi connectivity index (χ0n) is 46.4. The lowest BCUT2D eigenvalue weighted by molar-refractivity contribution is -0.167. The van der Waals surface area contributed by atoms with Crippen molar-refractivity contribution in [2.75, 3.05) is 13.2 Å². The monoisotopic (exact) mass is 936 g/mol. The number of aliphatic hydroxyl groups excluding tert-OH is 2. The molecule has 0 aliphatic carbocycles. The van der Waals surface area contributed by atoms with E-state index in [-0.39, 0.29) is 18.1 Å². The van der Waals surface area contributed by atoms with Crippen LogP contribution in [0, 0.1) is 16.7 Å². The Morgan fingerprint density at radius 3 is 1.09 bits per heavy atom. The molecule has 0 aromatic rings. The Hall–Kier alpha value is -0.730. The fourth-order valence-corrected chi connectivity index (χ4v) is 10.0. The number of unbranched alkanes of at least 4 members (excludes halogenated alkanes) is 31. The summed E-state index contributed by atoms with van der Waals surface area (Å²) >= 11 is 0. The average Bonchev–Trinajstić information content (AvgIpc) is 3.27. The van der Waals surface area contributed by atoms with Crippen molar-refractivity contribution in [2.24, 2.45) is 16.7 Å². The predicted octanol–water partition coefficient (Wildman–Crippen LogP) is 17.7. The number of esters is 1. The molecule has 1 aliphatic heterocycles. The topological polar surface area (TPSA) is 94.1 Å². The van der Waals surface area contributed by atoms with E-state index in [0.717, 1.165) is 12.8 Å². The molecule has 0 spiro atoms. The number of carbonyl (C=O) groups excluding carboxylic acids is 1. The molecule has 3 unspecified atom stereocenters. The van der Waals surface area contributed by atoms with Gasteiger partial charge in [0.25, 0.3) is 0 Å². The Labute approximate surface area is 414 Å². The Morgan fingerprint density at radius 2 is 0.758 bits per heavy atom. The summed E-state index contributed by atoms with van der Waals surface area (Å²) in [5.41, 5.74) is 1.01. The van der Waals surface area contributed by atoms with Gasteiger partial charge in [-0.2, -0.15) is 0 Å². The minimum Gasteiger partial charge on any atom is -0.465 e. The lowest BCUT2D eigenvalue weighted by Crippen LogP contribution is -2.67. The summed E-state index contributed by atoms with van der Waals surface area (Å²) in [7, 11) is 0. The van der Waals surface area contributed by atoms with Crippen molar-refractivity contribution >= 4 is 5.97 Å². The maximum Gasteiger partial charge on any atom is 0.308 e. The molecule has 7 heteroatoms. The highest BCUT2D eigenvalue weighted by Gasteiger charge is 2.30. The first kappa shape index (κ1) is 65.3. The summed E-state index contributed by atoms with van der Waals surface area (Å²) < 4.78 is 5.18. The summed E-state index contributed by atoms with van der Waals surface area (Å²) in [6.07, 6.45) is 54.7. The van der Waals surface area contributed by atoms with E-state index in [2.05, 4.69) is 52.2 Å². The van der Waals surface area contributed by atoms with Crippen LogP contribution in [0.1, 0.15) is 326 Å². The van der Waals surface area contributed by atoms with Crippen LogP contribution in [0.5, 0.6) is 0 Å². The molecule has 0 aromatic heterocycles. The Balaban J connectivity index is 0.00000149. The number of aliphatic hydroxyl groups is 2. The minimum atomic E-state index is -0.774. The lowest BCUT2D eigenvalue weighted by atomic mass is 9.70. The standard InChI is InChI=1S/C37H77N3O2.C22H44O2/c1-7-9-11-13-15-18-22-29-37(28-21-17-14-12-10-8-2,31-25-24-27-36(4,5)6)30-23-19-16-20-26-32-40-34(41)38-33(3)39-35(40)42;1-4-5-6-7-8-9-10-11-12-13-14-15-16-17-18-19-20-24-22(23)21(2)3/h33-35,38-39,41-42H,7-32H2,1-6H3;21H,4-20H2,1-3H3. The highest BCUT2D eigenvalue weighted by atomic mass is 16.5. The fraction of sp³-hybridized carbons (Fsp3) is 0.983. The molecular formula is C59H121N3O4. The second kappa shape index (κ2) is 45.4. The van der Waals surface area contributed by atoms with Gasteiger partial charge in [-0.1, -0.05) is 274 Å². The number of carbonyl (C=O) groups is 1. The summed E-state index contributed by atoms with van der Waals surface area (Å²) in [5.74, 6) is -0.0537. The second-order valence-corrected chi connectivity index (χ2v) is 22.8. The van der Waals surface area contributed by atoms with E-state index >= 15 is 0 Å². The van der Waals surface area contributed by atoms with Crippen molar-refractivity contribution in [3.63, 3.8) is 0 Å². The number of nitrogens with one attached hydrogen (secondary N) is 2. The molecule has 66 heavy (non-hydrogen) atoms. The highest BCUT2D eigenvalue weighted by molar-refractivity contribution is 5.71. The SMILES string of the molecule is CCCCCCCCCC(CCCCCCCC)(CCCCCCCN1C(O)NC(C)NC1O)CCCCC(C)(C)C.CCCCCCCCCCCCCCCCCCOC(=O)C(C)C. The summed E-state index contributed by atoms with van der Waals surface area (Å²) in [4.78, 5) is 13.0. The molecule has 1 heterocycles. The fourth-order valence-electron chi connectivity index (χ4n) is 10.0. The molecule has 1 fully saturated rings. The van der Waals surface area contributed by atoms with Gasteiger partial charge in [-0.3, -0.25) is 15.4 Å². The van der Waals surface area contributed by atoms with Crippen molar-refractivity contribution in [3.8, 4) is 0 Å². The molecular weight excluding hydrogens is 815 g/mol. The van der Waals surface area contributed by atoms with E-state index < -0.39 is 12.7 Å². The smallest absolute Gasteiger partial charge is 0.308 e. The first-order valence-electron chi connectivity index (χ1n) is 29.6. The van der Waals surface area contributed by atoms with Gasteiger partial charge in [0.15, 0.2) is 12.7 Å². The third kappa shape index (κ3) is 41.1. The lowest BCUT2D eigenvalue weighted by Gasteiger charge is -2.40. The van der Waals surface area contributed by atoms with Gasteiger partial charge < -0.3 is 14.9 Å². The summed E-state index contributed by atoms with van der Waals surface area (Å²) in [5, 5.41) is 26.6. The first-order chi connectivity index (χ1) is 31.8. The highest BCUT2D eigenvalue weighted by Crippen LogP contribution is 2.42. The molecule has 1 rings (SSSR count). The van der Waals surface area contributed by atoms with Crippen molar-refractivity contribution in [3.05, 3.63) is 0 Å². The van der Waals surface area contributed by atoms with Crippen LogP contribution >= 0.6 is 0 Å². The maximum absolute atomic E-state index is 11.3. The molecule has 4 N–H and O–H groups in total. The van der Waals surface area contributed by atoms with E-state index in [4.69, 9.17) is 4.74 Å². The average molecular weight is 937 g/mol. The van der Waals surface area contributed by atoms with Crippen LogP contribution in [-0.2, 0) is 9.53 Å². The number of rotatable bonds is 45. The molecule has 1 saturated heterocycles. The third-order valence-electron chi connectivity index (χ3n) is 14.5. The molecule has 7 nitrogen and oxygen atoms in total. The van der Waals surface area contributed by atoms with Crippen LogP contribution < -0.4 is 10.6 Å². The number of ether oxygens (including phenoxy) is 1. The van der Waals surface area contributed by atoms with Crippen LogP contribution in [0.15, 0.2) is 0 Å². The molecule has 0 aromatic carbocycles. The molecule has 0 radical (unpaired) electrons. The van der Waals surface area contributed by atoms with Gasteiger partial charge in [0.1, 0.15) is 0 Å². The van der Waals surface area contributed by atoms with E-state index in [1.54, 1.807) is 4.90 Å². The van der Waals surface area contributed by atoms with Gasteiger partial charge in [0.05, 0.1) is 18.7 Å². The van der Waals surface area contributed by atoms with Crippen molar-refractivity contribution in [1.29, 1.82) is 0 Å². The molecule has 0 amide bonds. The maximum atomic E-state index is 11.3. The Kier molecular flexibility index (Phi) is 44.9. The van der Waals surface area contributed by atoms with Gasteiger partial charge in [0, 0.05) is 6.54 Å². The number of hydrogen-bond donors (Lipinski definition) is 4. The van der Waals surface area contributed by atoms with E-state index in [1.807, 2.05) is 20.8 Å². The van der Waals surface area contributed by atoms with Crippen molar-refractivity contribution in [1.82, 2.24) is 15.5 Å². The van der Waals surface area contributed by atoms with Gasteiger partial charge >= 0.3 is 5.97 Å². The molecule has 1 aliphatic rings. The van der Waals surface area contributed by atoms with Crippen molar-refractivity contribution in [2.45, 2.75) is 344 Å². The predicted molar refractivity (Wildman–Crippen MR) is 288 cm³/mol. The molecule has 3 atom stereocenters. The number of hydrogen-bond acceptors (Lipinski definition) is 7. The van der Waals surface area contributed by atoms with Crippen LogP contribution in [-0.4, -0.2) is 53.1 Å². The summed E-state index contributed by atoms with van der Waals surface area (Å²) in [6, 6.07) is 0. The minimum absolute atomic E-state index is 0.00561. The Morgan fingerprint density at radius 1 is 0.470 bits per heavy atom. The third-order valence-corrected chi connectivity index (χ3v) is 14.5. The van der Waals surface area contributed by atoms with E-state index in [0.29, 0.717) is 24.0 Å². The van der Waals surface area contributed by atoms with Gasteiger partial charge in [-0.25, -0.2) is 4.90 Å². The van der Waals surface area contributed by atoms with E-state index in [1.165, 1.54) is 250 Å². The molecule has 0 bridgehead atoms. The van der Waals surface area contributed by atoms with Crippen LogP contribution in [0.2, 0.25) is 0 Å². The van der Waals surface area contributed by atoms with Crippen LogP contribution in [0.25, 0.3) is 0 Å². The zero-order valence-corrected chi connectivity index (χ0v) is 46.4. The number of nitrogens with zero attached hydrogens (tertiary/aromatic N) is 1. The first-order valence-corrected chi connectivity index (χ1v) is 29.6. The van der Waals surface area contributed by atoms with Crippen LogP contribution in [0.3, 0.4) is 0 Å². The summed E-state index contributed by atoms with van der Waals surface area (Å²) in [6.45, 7) is 21.1. The van der Waals surface area contributed by atoms with Gasteiger partial charge in [0.2, 0.25) is 0 Å². The quantitative estimate of drug-likeness (QED) is 0.0357. The van der Waals surface area contributed by atoms with Gasteiger partial charge in [-0.15, -0.1) is 0 Å². The molecule has 0 saturated carbocycles. The van der Waals surface area contributed by atoms with E-state index in [9.17, 15) is 15.0 Å². The zero-order chi connectivity index (χ0) is 49.0. The normalized spacial score (nSPS) is 17.8. The van der Waals surface area contributed by atoms with Crippen molar-refractivity contribution < 1.29 is 19.7 Å².